The van der Waals surface area contributed by atoms with Crippen molar-refractivity contribution < 1.29 is 49.1 Å². The summed E-state index contributed by atoms with van der Waals surface area (Å²) >= 11 is 0. The molecule has 16 heteroatoms. The van der Waals surface area contributed by atoms with Crippen molar-refractivity contribution in [2.75, 3.05) is 12.3 Å². The topological polar surface area (TPSA) is 257 Å². The van der Waals surface area contributed by atoms with Crippen molar-refractivity contribution >= 4 is 40.8 Å². The van der Waals surface area contributed by atoms with Crippen LogP contribution in [0.1, 0.15) is 97.1 Å². The maximum atomic E-state index is 13.5. The molecule has 1 saturated heterocycles. The van der Waals surface area contributed by atoms with Crippen molar-refractivity contribution in [3.63, 3.8) is 0 Å². The predicted octanol–water partition coefficient (Wildman–Crippen LogP) is 1.93. The Morgan fingerprint density at radius 2 is 1.59 bits per heavy atom. The lowest BCUT2D eigenvalue weighted by molar-refractivity contribution is -0.163. The number of carboxylic acid groups (broad SMARTS) is 2. The maximum Gasteiger partial charge on any atom is 0.306 e. The number of nitrogens with one attached hydrogen (secondary N) is 1. The number of Topliss-reactive ketones (excluding diaryl/α,β-unsaturated/α-hetero) is 1. The number of aromatic amines is 1. The molecule has 3 rings (SSSR count). The number of nitrogens with two attached hydrogens (primary N) is 1. The van der Waals surface area contributed by atoms with Crippen molar-refractivity contribution in [3.8, 4) is 0 Å². The Morgan fingerprint density at radius 1 is 1.02 bits per heavy atom. The fourth-order valence-corrected chi connectivity index (χ4v) is 5.74. The quantitative estimate of drug-likeness (QED) is 0.112. The summed E-state index contributed by atoms with van der Waals surface area (Å²) in [6, 6.07) is 0. The molecule has 0 aliphatic carbocycles. The van der Waals surface area contributed by atoms with Gasteiger partial charge in [0.05, 0.1) is 18.2 Å². The average molecular weight is 652 g/mol. The van der Waals surface area contributed by atoms with E-state index in [1.54, 1.807) is 0 Å². The molecule has 16 nitrogen and oxygen atoms in total. The van der Waals surface area contributed by atoms with E-state index in [-0.39, 0.29) is 55.6 Å². The highest BCUT2D eigenvalue weighted by atomic mass is 16.6. The van der Waals surface area contributed by atoms with Crippen LogP contribution in [-0.4, -0.2) is 88.1 Å². The first-order chi connectivity index (χ1) is 21.8. The van der Waals surface area contributed by atoms with Crippen molar-refractivity contribution in [3.05, 3.63) is 16.7 Å². The molecule has 0 spiro atoms. The molecule has 256 valence electrons. The minimum atomic E-state index is -2.59. The molecule has 0 bridgehead atoms. The van der Waals surface area contributed by atoms with Crippen molar-refractivity contribution in [2.45, 2.75) is 115 Å². The lowest BCUT2D eigenvalue weighted by Gasteiger charge is -2.29. The third-order valence-electron chi connectivity index (χ3n) is 8.48. The number of fused-ring (bicyclic) bond motifs is 1. The summed E-state index contributed by atoms with van der Waals surface area (Å²) in [4.78, 5) is 71.9. The first kappa shape index (κ1) is 36.6. The Bertz CT molecular complexity index is 1430. The van der Waals surface area contributed by atoms with Crippen LogP contribution in [-0.2, 0) is 28.7 Å². The molecule has 1 fully saturated rings. The minimum Gasteiger partial charge on any atom is -0.481 e. The van der Waals surface area contributed by atoms with Gasteiger partial charge in [0.2, 0.25) is 5.95 Å². The number of rotatable bonds is 20. The number of nitrogens with zero attached hydrogens (tertiary/aromatic N) is 3. The minimum absolute atomic E-state index is 0.0889. The summed E-state index contributed by atoms with van der Waals surface area (Å²) < 4.78 is 12.4. The van der Waals surface area contributed by atoms with Crippen LogP contribution in [0.5, 0.6) is 0 Å². The molecule has 1 aliphatic rings. The van der Waals surface area contributed by atoms with Crippen molar-refractivity contribution in [1.82, 2.24) is 19.5 Å². The Balaban J connectivity index is 1.77. The number of ether oxygens (including phenoxy) is 2. The van der Waals surface area contributed by atoms with Crippen LogP contribution in [0.15, 0.2) is 11.1 Å². The third kappa shape index (κ3) is 8.67. The Kier molecular flexibility index (Phi) is 13.2. The van der Waals surface area contributed by atoms with E-state index in [2.05, 4.69) is 15.0 Å². The lowest BCUT2D eigenvalue weighted by atomic mass is 9.84. The molecule has 7 N–H and O–H groups in total. The van der Waals surface area contributed by atoms with Gasteiger partial charge in [0.15, 0.2) is 28.8 Å². The second-order valence-electron chi connectivity index (χ2n) is 11.8. The normalized spacial score (nSPS) is 22.5. The second-order valence-corrected chi connectivity index (χ2v) is 11.8. The number of ketones is 1. The molecule has 6 atom stereocenters. The van der Waals surface area contributed by atoms with Gasteiger partial charge in [0.1, 0.15) is 18.8 Å². The van der Waals surface area contributed by atoms with Gasteiger partial charge in [-0.3, -0.25) is 33.5 Å². The van der Waals surface area contributed by atoms with E-state index in [1.165, 1.54) is 0 Å². The molecule has 0 amide bonds. The van der Waals surface area contributed by atoms with Crippen LogP contribution in [0.4, 0.5) is 5.95 Å². The van der Waals surface area contributed by atoms with Crippen LogP contribution in [0, 0.1) is 11.8 Å². The van der Waals surface area contributed by atoms with Gasteiger partial charge in [0, 0.05) is 12.8 Å². The number of imidazole rings is 1. The smallest absolute Gasteiger partial charge is 0.306 e. The van der Waals surface area contributed by atoms with Gasteiger partial charge < -0.3 is 35.6 Å². The van der Waals surface area contributed by atoms with Gasteiger partial charge in [-0.15, -0.1) is 0 Å². The second kappa shape index (κ2) is 16.6. The van der Waals surface area contributed by atoms with Gasteiger partial charge in [-0.1, -0.05) is 39.5 Å². The van der Waals surface area contributed by atoms with Gasteiger partial charge in [-0.25, -0.2) is 4.98 Å². The predicted molar refractivity (Wildman–Crippen MR) is 162 cm³/mol. The van der Waals surface area contributed by atoms with E-state index in [9.17, 15) is 44.4 Å². The molecule has 3 heterocycles. The van der Waals surface area contributed by atoms with E-state index in [0.717, 1.165) is 30.2 Å². The zero-order chi connectivity index (χ0) is 34.0. The fraction of sp³-hybridized carbons (Fsp3) is 0.700. The first-order valence-corrected chi connectivity index (χ1v) is 15.8. The number of carbonyl (C=O) groups is 4. The molecule has 0 saturated carbocycles. The number of anilines is 1. The largest absolute Gasteiger partial charge is 0.481 e. The van der Waals surface area contributed by atoms with Crippen LogP contribution >= 0.6 is 0 Å². The number of H-pyrrole nitrogens is 1. The highest BCUT2D eigenvalue weighted by Gasteiger charge is 2.60. The number of aromatic nitrogens is 4. The zero-order valence-corrected chi connectivity index (χ0v) is 26.2. The molecule has 46 heavy (non-hydrogen) atoms. The standard InChI is InChI=1S/C30H45N5O11/c1-3-5-9-17(27(40)41)11-7-13-19(36)30(44)20(15-45-21(37)14-8-12-18(28(42)43)10-6-4-2)46-26(23(30)38)35-16-32-22-24(35)33-29(31)34-25(22)39/h16-18,20,23,26,38,44H,3-15H2,1-2H3,(H,40,41)(H,42,43)(H3,31,33,34,39)/t17?,18?,20-,23+,26-,30-/m1/s1. The molecule has 1 aliphatic heterocycles. The molecular weight excluding hydrogens is 606 g/mol. The number of carboxylic acids is 2. The number of hydrogen-bond acceptors (Lipinski definition) is 12. The van der Waals surface area contributed by atoms with E-state index >= 15 is 0 Å². The molecule has 2 unspecified atom stereocenters. The zero-order valence-electron chi connectivity index (χ0n) is 26.2. The van der Waals surface area contributed by atoms with E-state index in [0.29, 0.717) is 19.3 Å². The monoisotopic (exact) mass is 651 g/mol. The summed E-state index contributed by atoms with van der Waals surface area (Å²) in [7, 11) is 0. The number of hydrogen-bond donors (Lipinski definition) is 6. The Labute approximate surface area is 265 Å². The number of unbranched alkanes of at least 4 members (excludes halogenated alkanes) is 2. The number of aliphatic hydroxyl groups is 2. The molecule has 0 radical (unpaired) electrons. The number of esters is 1. The molecule has 2 aromatic heterocycles. The lowest BCUT2D eigenvalue weighted by Crippen LogP contribution is -2.55. The number of aliphatic carboxylic acids is 2. The number of aliphatic hydroxyl groups excluding tert-OH is 1. The van der Waals surface area contributed by atoms with E-state index in [1.807, 2.05) is 13.8 Å². The summed E-state index contributed by atoms with van der Waals surface area (Å²) in [5, 5.41) is 42.0. The fourth-order valence-electron chi connectivity index (χ4n) is 5.74. The Hall–Kier alpha value is -3.89. The van der Waals surface area contributed by atoms with Crippen molar-refractivity contribution in [2.24, 2.45) is 11.8 Å². The Morgan fingerprint density at radius 3 is 2.15 bits per heavy atom. The molecule has 2 aromatic rings. The van der Waals surface area contributed by atoms with Crippen LogP contribution in [0.25, 0.3) is 11.2 Å². The summed E-state index contributed by atoms with van der Waals surface area (Å²) in [6.45, 7) is 3.26. The highest BCUT2D eigenvalue weighted by Crippen LogP contribution is 2.40. The van der Waals surface area contributed by atoms with Crippen LogP contribution in [0.2, 0.25) is 0 Å². The SMILES string of the molecule is CCCCC(CCCC(=O)OC[C@H]1O[C@@H](n2cnc3c(=O)[nH]c(N)nc32)[C@H](O)[C@@]1(O)C(=O)CCCC(CCCC)C(=O)O)C(=O)O. The van der Waals surface area contributed by atoms with Gasteiger partial charge in [0.25, 0.3) is 5.56 Å². The summed E-state index contributed by atoms with van der Waals surface area (Å²) in [5.41, 5.74) is 2.19. The van der Waals surface area contributed by atoms with Crippen LogP contribution < -0.4 is 11.3 Å². The van der Waals surface area contributed by atoms with Crippen LogP contribution in [0.3, 0.4) is 0 Å². The van der Waals surface area contributed by atoms with Crippen molar-refractivity contribution in [1.29, 1.82) is 0 Å². The summed E-state index contributed by atoms with van der Waals surface area (Å²) in [6.07, 6.45) is 0.529. The van der Waals surface area contributed by atoms with E-state index in [4.69, 9.17) is 15.2 Å². The number of nitrogen functional groups attached to an aromatic ring is 1. The molecule has 0 aromatic carbocycles. The van der Waals surface area contributed by atoms with E-state index < -0.39 is 71.7 Å². The van der Waals surface area contributed by atoms with Gasteiger partial charge >= 0.3 is 17.9 Å². The molecular formula is C30H45N5O11. The summed E-state index contributed by atoms with van der Waals surface area (Å²) in [5.74, 6) is -5.00. The maximum absolute atomic E-state index is 13.5. The van der Waals surface area contributed by atoms with Gasteiger partial charge in [-0.2, -0.15) is 4.98 Å². The highest BCUT2D eigenvalue weighted by molar-refractivity contribution is 5.89. The number of carbonyl (C=O) groups excluding carboxylic acids is 2. The first-order valence-electron chi connectivity index (χ1n) is 15.8. The third-order valence-corrected chi connectivity index (χ3v) is 8.48. The van der Waals surface area contributed by atoms with Gasteiger partial charge in [-0.05, 0) is 38.5 Å². The average Bonchev–Trinajstić information content (AvgIpc) is 3.53.